The first-order valence-corrected chi connectivity index (χ1v) is 10.2. The number of pyridine rings is 1. The van der Waals surface area contributed by atoms with Gasteiger partial charge in [-0.05, 0) is 35.1 Å². The van der Waals surface area contributed by atoms with Crippen molar-refractivity contribution < 1.29 is 14.3 Å². The van der Waals surface area contributed by atoms with E-state index in [9.17, 15) is 9.59 Å². The molecule has 1 aromatic rings. The molecule has 27 heavy (non-hydrogen) atoms. The molecule has 142 valence electrons. The van der Waals surface area contributed by atoms with Gasteiger partial charge in [-0.25, -0.2) is 4.98 Å². The molecule has 4 rings (SSSR count). The standard InChI is InChI=1S/C20H23N3O3S/c1-20(6-7-27-13-20)12-26-16-10-23(11-16)18(25)5-2-14-8-15-3-4-17(24)22-19(15)21-9-14/h2,5-9,16H,3-4,10-13H2,1H3,(H,21,22,24). The molecule has 1 saturated heterocycles. The van der Waals surface area contributed by atoms with E-state index >= 15 is 0 Å². The zero-order chi connectivity index (χ0) is 18.9. The monoisotopic (exact) mass is 385 g/mol. The average molecular weight is 385 g/mol. The molecule has 4 heterocycles. The van der Waals surface area contributed by atoms with E-state index in [2.05, 4.69) is 28.7 Å². The predicted octanol–water partition coefficient (Wildman–Crippen LogP) is 2.47. The molecule has 1 atom stereocenters. The SMILES string of the molecule is CC1(COC2CN(C(=O)C=Cc3cnc4c(c3)CCC(=O)N4)C2)C=CSC1. The summed E-state index contributed by atoms with van der Waals surface area (Å²) < 4.78 is 5.95. The maximum absolute atomic E-state index is 12.3. The summed E-state index contributed by atoms with van der Waals surface area (Å²) in [6, 6.07) is 1.97. The van der Waals surface area contributed by atoms with Gasteiger partial charge < -0.3 is 15.0 Å². The van der Waals surface area contributed by atoms with Crippen LogP contribution in [0.15, 0.2) is 29.8 Å². The summed E-state index contributed by atoms with van der Waals surface area (Å²) in [5, 5.41) is 4.89. The van der Waals surface area contributed by atoms with Gasteiger partial charge in [-0.1, -0.05) is 13.0 Å². The lowest BCUT2D eigenvalue weighted by Crippen LogP contribution is -2.55. The molecule has 0 aliphatic carbocycles. The third-order valence-corrected chi connectivity index (χ3v) is 6.23. The fraction of sp³-hybridized carbons (Fsp3) is 0.450. The summed E-state index contributed by atoms with van der Waals surface area (Å²) in [5.41, 5.74) is 1.99. The van der Waals surface area contributed by atoms with Gasteiger partial charge in [0, 0.05) is 43.0 Å². The number of likely N-dealkylation sites (tertiary alicyclic amines) is 1. The van der Waals surface area contributed by atoms with Crippen molar-refractivity contribution in [2.24, 2.45) is 5.41 Å². The lowest BCUT2D eigenvalue weighted by Gasteiger charge is -2.39. The molecule has 3 aliphatic rings. The molecule has 0 radical (unpaired) electrons. The topological polar surface area (TPSA) is 71.5 Å². The number of thioether (sulfide) groups is 1. The number of rotatable bonds is 5. The Balaban J connectivity index is 1.25. The van der Waals surface area contributed by atoms with Crippen LogP contribution in [-0.4, -0.2) is 53.3 Å². The third-order valence-electron chi connectivity index (χ3n) is 5.07. The number of amides is 2. The van der Waals surface area contributed by atoms with Crippen molar-refractivity contribution in [2.45, 2.75) is 25.9 Å². The molecule has 0 bridgehead atoms. The van der Waals surface area contributed by atoms with E-state index in [4.69, 9.17) is 4.74 Å². The van der Waals surface area contributed by atoms with Gasteiger partial charge in [0.05, 0.1) is 12.7 Å². The Kier molecular flexibility index (Phi) is 5.06. The van der Waals surface area contributed by atoms with Gasteiger partial charge in [0.1, 0.15) is 5.82 Å². The van der Waals surface area contributed by atoms with Crippen LogP contribution in [0.5, 0.6) is 0 Å². The minimum absolute atomic E-state index is 0.000252. The number of fused-ring (bicyclic) bond motifs is 1. The third kappa shape index (κ3) is 4.25. The Morgan fingerprint density at radius 3 is 3.11 bits per heavy atom. The fourth-order valence-electron chi connectivity index (χ4n) is 3.26. The number of hydrogen-bond acceptors (Lipinski definition) is 5. The largest absolute Gasteiger partial charge is 0.374 e. The molecule has 1 aromatic heterocycles. The zero-order valence-electron chi connectivity index (χ0n) is 15.3. The summed E-state index contributed by atoms with van der Waals surface area (Å²) in [7, 11) is 0. The van der Waals surface area contributed by atoms with Gasteiger partial charge in [-0.3, -0.25) is 9.59 Å². The molecule has 7 heteroatoms. The van der Waals surface area contributed by atoms with Crippen molar-refractivity contribution in [1.82, 2.24) is 9.88 Å². The fourth-order valence-corrected chi connectivity index (χ4v) is 4.34. The first-order chi connectivity index (χ1) is 13.0. The minimum atomic E-state index is -0.0107. The van der Waals surface area contributed by atoms with Crippen LogP contribution in [0.25, 0.3) is 6.08 Å². The van der Waals surface area contributed by atoms with Crippen LogP contribution in [0.4, 0.5) is 5.82 Å². The predicted molar refractivity (Wildman–Crippen MR) is 106 cm³/mol. The minimum Gasteiger partial charge on any atom is -0.374 e. The van der Waals surface area contributed by atoms with Crippen LogP contribution in [0.1, 0.15) is 24.5 Å². The highest BCUT2D eigenvalue weighted by molar-refractivity contribution is 8.02. The van der Waals surface area contributed by atoms with Crippen LogP contribution < -0.4 is 5.32 Å². The second-order valence-electron chi connectivity index (χ2n) is 7.60. The second-order valence-corrected chi connectivity index (χ2v) is 8.50. The van der Waals surface area contributed by atoms with E-state index in [1.165, 1.54) is 0 Å². The number of aromatic nitrogens is 1. The van der Waals surface area contributed by atoms with Crippen molar-refractivity contribution >= 4 is 35.5 Å². The molecule has 0 saturated carbocycles. The van der Waals surface area contributed by atoms with Gasteiger partial charge in [-0.2, -0.15) is 0 Å². The van der Waals surface area contributed by atoms with E-state index in [1.54, 1.807) is 23.2 Å². The van der Waals surface area contributed by atoms with Crippen molar-refractivity contribution in [3.05, 3.63) is 41.0 Å². The normalized spacial score (nSPS) is 24.8. The Morgan fingerprint density at radius 2 is 2.33 bits per heavy atom. The molecule has 1 N–H and O–H groups in total. The quantitative estimate of drug-likeness (QED) is 0.789. The Morgan fingerprint density at radius 1 is 1.48 bits per heavy atom. The molecule has 3 aliphatic heterocycles. The molecule has 0 spiro atoms. The maximum Gasteiger partial charge on any atom is 0.246 e. The summed E-state index contributed by atoms with van der Waals surface area (Å²) in [4.78, 5) is 29.7. The van der Waals surface area contributed by atoms with Crippen molar-refractivity contribution in [2.75, 3.05) is 30.8 Å². The highest BCUT2D eigenvalue weighted by Crippen LogP contribution is 2.33. The average Bonchev–Trinajstić information content (AvgIpc) is 3.05. The van der Waals surface area contributed by atoms with Crippen molar-refractivity contribution in [3.63, 3.8) is 0 Å². The van der Waals surface area contributed by atoms with Gasteiger partial charge >= 0.3 is 0 Å². The summed E-state index contributed by atoms with van der Waals surface area (Å²) in [6.45, 7) is 4.19. The van der Waals surface area contributed by atoms with Gasteiger partial charge in [0.25, 0.3) is 0 Å². The number of nitrogens with one attached hydrogen (secondary N) is 1. The molecular weight excluding hydrogens is 362 g/mol. The van der Waals surface area contributed by atoms with Crippen molar-refractivity contribution in [1.29, 1.82) is 0 Å². The van der Waals surface area contributed by atoms with Crippen LogP contribution in [0.2, 0.25) is 0 Å². The number of aryl methyl sites for hydroxylation is 1. The summed E-state index contributed by atoms with van der Waals surface area (Å²) in [6.07, 6.45) is 8.53. The lowest BCUT2D eigenvalue weighted by molar-refractivity contribution is -0.141. The van der Waals surface area contributed by atoms with Crippen LogP contribution in [-0.2, 0) is 20.7 Å². The first kappa shape index (κ1) is 18.3. The molecule has 6 nitrogen and oxygen atoms in total. The Bertz CT molecular complexity index is 817. The van der Waals surface area contributed by atoms with Gasteiger partial charge in [0.15, 0.2) is 0 Å². The Labute approximate surface area is 163 Å². The molecular formula is C20H23N3O3S. The first-order valence-electron chi connectivity index (χ1n) is 9.17. The number of carbonyl (C=O) groups is 2. The summed E-state index contributed by atoms with van der Waals surface area (Å²) >= 11 is 1.82. The molecule has 0 aromatic carbocycles. The second kappa shape index (κ2) is 7.48. The van der Waals surface area contributed by atoms with Crippen LogP contribution >= 0.6 is 11.8 Å². The Hall–Kier alpha value is -2.12. The number of hydrogen-bond donors (Lipinski definition) is 1. The number of anilines is 1. The van der Waals surface area contributed by atoms with Gasteiger partial charge in [-0.15, -0.1) is 11.8 Å². The van der Waals surface area contributed by atoms with E-state index in [-0.39, 0.29) is 23.3 Å². The zero-order valence-corrected chi connectivity index (χ0v) is 16.1. The highest BCUT2D eigenvalue weighted by Gasteiger charge is 2.33. The van der Waals surface area contributed by atoms with Gasteiger partial charge in [0.2, 0.25) is 11.8 Å². The molecule has 1 fully saturated rings. The number of ether oxygens (including phenoxy) is 1. The molecule has 2 amide bonds. The lowest BCUT2D eigenvalue weighted by atomic mass is 9.95. The van der Waals surface area contributed by atoms with E-state index in [0.717, 1.165) is 16.9 Å². The maximum atomic E-state index is 12.3. The summed E-state index contributed by atoms with van der Waals surface area (Å²) in [5.74, 6) is 1.67. The highest BCUT2D eigenvalue weighted by atomic mass is 32.2. The van der Waals surface area contributed by atoms with E-state index in [1.807, 2.05) is 17.8 Å². The van der Waals surface area contributed by atoms with E-state index in [0.29, 0.717) is 38.4 Å². The number of carbonyl (C=O) groups excluding carboxylic acids is 2. The number of nitrogens with zero attached hydrogens (tertiary/aromatic N) is 2. The molecule has 1 unspecified atom stereocenters. The van der Waals surface area contributed by atoms with Crippen molar-refractivity contribution in [3.8, 4) is 0 Å². The van der Waals surface area contributed by atoms with E-state index < -0.39 is 0 Å². The smallest absolute Gasteiger partial charge is 0.246 e. The van der Waals surface area contributed by atoms with Crippen LogP contribution in [0, 0.1) is 5.41 Å². The van der Waals surface area contributed by atoms with Crippen LogP contribution in [0.3, 0.4) is 0 Å².